The number of hydrogen-bond donors (Lipinski definition) is 0. The molecule has 0 spiro atoms. The molecule has 8 heteroatoms. The maximum atomic E-state index is 13.4. The fourth-order valence-corrected chi connectivity index (χ4v) is 3.73. The molecule has 2 aliphatic heterocycles. The number of fused-ring (bicyclic) bond motifs is 1. The van der Waals surface area contributed by atoms with E-state index in [0.29, 0.717) is 5.56 Å². The fourth-order valence-electron chi connectivity index (χ4n) is 3.73. The predicted octanol–water partition coefficient (Wildman–Crippen LogP) is 2.70. The van der Waals surface area contributed by atoms with Crippen molar-refractivity contribution in [1.29, 1.82) is 0 Å². The number of hydrogen-bond acceptors (Lipinski definition) is 6. The smallest absolute Gasteiger partial charge is 0.348 e. The van der Waals surface area contributed by atoms with Crippen LogP contribution >= 0.6 is 0 Å². The van der Waals surface area contributed by atoms with Gasteiger partial charge in [-0.05, 0) is 29.8 Å². The number of carbonyl (C=O) groups excluding carboxylic acids is 4. The molecule has 0 radical (unpaired) electrons. The third-order valence-corrected chi connectivity index (χ3v) is 5.54. The van der Waals surface area contributed by atoms with E-state index < -0.39 is 47.0 Å². The molecule has 7 nitrogen and oxygen atoms in total. The van der Waals surface area contributed by atoms with Gasteiger partial charge in [0.2, 0.25) is 6.10 Å². The number of amides is 2. The molecule has 2 aliphatic rings. The highest BCUT2D eigenvalue weighted by Crippen LogP contribution is 2.33. The molecule has 2 amide bonds. The second kappa shape index (κ2) is 7.61. The summed E-state index contributed by atoms with van der Waals surface area (Å²) in [5.41, 5.74) is 0.126. The van der Waals surface area contributed by atoms with Gasteiger partial charge in [0.1, 0.15) is 18.3 Å². The Hall–Kier alpha value is -3.55. The molecule has 2 aromatic carbocycles. The number of benzene rings is 2. The van der Waals surface area contributed by atoms with E-state index in [1.54, 1.807) is 26.0 Å². The lowest BCUT2D eigenvalue weighted by molar-refractivity contribution is -0.164. The minimum Gasteiger partial charge on any atom is -0.462 e. The molecule has 2 atom stereocenters. The summed E-state index contributed by atoms with van der Waals surface area (Å²) in [5.74, 6) is -4.12. The molecule has 31 heavy (non-hydrogen) atoms. The normalized spacial score (nSPS) is 20.4. The largest absolute Gasteiger partial charge is 0.462 e. The molecule has 0 aliphatic carbocycles. The van der Waals surface area contributed by atoms with Crippen molar-refractivity contribution in [3.05, 3.63) is 71.0 Å². The van der Waals surface area contributed by atoms with Crippen molar-refractivity contribution < 1.29 is 33.0 Å². The molecule has 0 unspecified atom stereocenters. The molecule has 1 fully saturated rings. The summed E-state index contributed by atoms with van der Waals surface area (Å²) >= 11 is 0. The quantitative estimate of drug-likeness (QED) is 0.541. The summed E-state index contributed by atoms with van der Waals surface area (Å²) in [7, 11) is 0. The molecule has 4 rings (SSSR count). The van der Waals surface area contributed by atoms with Gasteiger partial charge in [-0.3, -0.25) is 19.3 Å². The Labute approximate surface area is 177 Å². The molecule has 0 bridgehead atoms. The van der Waals surface area contributed by atoms with Crippen LogP contribution in [0, 0.1) is 11.2 Å². The van der Waals surface area contributed by atoms with E-state index in [9.17, 15) is 23.6 Å². The number of imide groups is 1. The van der Waals surface area contributed by atoms with E-state index in [1.165, 1.54) is 36.4 Å². The first-order valence-corrected chi connectivity index (χ1v) is 9.77. The van der Waals surface area contributed by atoms with Crippen LogP contribution in [0.3, 0.4) is 0 Å². The zero-order valence-corrected chi connectivity index (χ0v) is 17.0. The summed E-state index contributed by atoms with van der Waals surface area (Å²) in [6.45, 7) is 3.25. The van der Waals surface area contributed by atoms with Crippen molar-refractivity contribution in [1.82, 2.24) is 4.90 Å². The van der Waals surface area contributed by atoms with Crippen LogP contribution in [0.15, 0.2) is 48.5 Å². The number of cyclic esters (lactones) is 1. The summed E-state index contributed by atoms with van der Waals surface area (Å²) in [5, 5.41) is 0. The van der Waals surface area contributed by atoms with E-state index in [1.807, 2.05) is 0 Å². The van der Waals surface area contributed by atoms with Crippen LogP contribution in [-0.2, 0) is 19.1 Å². The van der Waals surface area contributed by atoms with Gasteiger partial charge in [-0.1, -0.05) is 38.1 Å². The Bertz CT molecular complexity index is 1040. The SMILES string of the molecule is CC1(C)COC(=O)[C@@H]1OC(=O)[C@@H](CN1C(=O)c2ccccc2C1=O)c1ccc(F)cc1. The van der Waals surface area contributed by atoms with Crippen LogP contribution in [0.4, 0.5) is 4.39 Å². The molecule has 2 aromatic rings. The van der Waals surface area contributed by atoms with Gasteiger partial charge in [-0.2, -0.15) is 0 Å². The third-order valence-electron chi connectivity index (χ3n) is 5.54. The minimum absolute atomic E-state index is 0.101. The Morgan fingerprint density at radius 3 is 2.19 bits per heavy atom. The van der Waals surface area contributed by atoms with Gasteiger partial charge in [-0.25, -0.2) is 9.18 Å². The lowest BCUT2D eigenvalue weighted by Crippen LogP contribution is -2.40. The standard InChI is InChI=1S/C23H20FNO6/c1-23(2)12-30-22(29)18(23)31-21(28)17(13-7-9-14(24)10-8-13)11-25-19(26)15-5-3-4-6-16(15)20(25)27/h3-10,17-18H,11-12H2,1-2H3/t17-,18-/m0/s1. The number of rotatable bonds is 5. The molecule has 0 N–H and O–H groups in total. The highest BCUT2D eigenvalue weighted by atomic mass is 19.1. The van der Waals surface area contributed by atoms with E-state index in [0.717, 1.165) is 4.90 Å². The predicted molar refractivity (Wildman–Crippen MR) is 106 cm³/mol. The number of halogens is 1. The van der Waals surface area contributed by atoms with E-state index in [4.69, 9.17) is 9.47 Å². The van der Waals surface area contributed by atoms with Gasteiger partial charge in [0.25, 0.3) is 11.8 Å². The third kappa shape index (κ3) is 3.69. The Balaban J connectivity index is 1.63. The first-order chi connectivity index (χ1) is 14.7. The Morgan fingerprint density at radius 2 is 1.68 bits per heavy atom. The van der Waals surface area contributed by atoms with Gasteiger partial charge >= 0.3 is 11.9 Å². The summed E-state index contributed by atoms with van der Waals surface area (Å²) in [6, 6.07) is 11.5. The number of esters is 2. The van der Waals surface area contributed by atoms with Crippen LogP contribution < -0.4 is 0 Å². The van der Waals surface area contributed by atoms with Crippen LogP contribution in [-0.4, -0.2) is 47.9 Å². The van der Waals surface area contributed by atoms with Crippen molar-refractivity contribution in [2.75, 3.05) is 13.2 Å². The van der Waals surface area contributed by atoms with Gasteiger partial charge in [0.05, 0.1) is 11.1 Å². The monoisotopic (exact) mass is 425 g/mol. The van der Waals surface area contributed by atoms with Gasteiger partial charge in [-0.15, -0.1) is 0 Å². The maximum absolute atomic E-state index is 13.4. The molecule has 1 saturated heterocycles. The highest BCUT2D eigenvalue weighted by Gasteiger charge is 2.48. The average molecular weight is 425 g/mol. The van der Waals surface area contributed by atoms with E-state index in [2.05, 4.69) is 0 Å². The Morgan fingerprint density at radius 1 is 1.10 bits per heavy atom. The number of carbonyl (C=O) groups is 4. The van der Waals surface area contributed by atoms with E-state index in [-0.39, 0.29) is 24.3 Å². The van der Waals surface area contributed by atoms with Crippen molar-refractivity contribution in [2.24, 2.45) is 5.41 Å². The van der Waals surface area contributed by atoms with Crippen molar-refractivity contribution in [3.8, 4) is 0 Å². The fraction of sp³-hybridized carbons (Fsp3) is 0.304. The topological polar surface area (TPSA) is 90.0 Å². The summed E-state index contributed by atoms with van der Waals surface area (Å²) in [4.78, 5) is 51.7. The Kier molecular flexibility index (Phi) is 5.08. The lowest BCUT2D eigenvalue weighted by Gasteiger charge is -2.26. The maximum Gasteiger partial charge on any atom is 0.348 e. The van der Waals surface area contributed by atoms with Crippen LogP contribution in [0.5, 0.6) is 0 Å². The first kappa shape index (κ1) is 20.7. The minimum atomic E-state index is -1.12. The lowest BCUT2D eigenvalue weighted by atomic mass is 9.89. The second-order valence-corrected chi connectivity index (χ2v) is 8.28. The van der Waals surface area contributed by atoms with Crippen molar-refractivity contribution in [3.63, 3.8) is 0 Å². The molecule has 2 heterocycles. The molecule has 160 valence electrons. The highest BCUT2D eigenvalue weighted by molar-refractivity contribution is 6.21. The van der Waals surface area contributed by atoms with Gasteiger partial charge in [0.15, 0.2) is 0 Å². The van der Waals surface area contributed by atoms with Crippen LogP contribution in [0.2, 0.25) is 0 Å². The molecular weight excluding hydrogens is 405 g/mol. The molecule has 0 saturated carbocycles. The van der Waals surface area contributed by atoms with Crippen LogP contribution in [0.1, 0.15) is 46.0 Å². The summed E-state index contributed by atoms with van der Waals surface area (Å²) in [6.07, 6.45) is -1.12. The zero-order valence-electron chi connectivity index (χ0n) is 17.0. The average Bonchev–Trinajstić information content (AvgIpc) is 3.14. The van der Waals surface area contributed by atoms with Gasteiger partial charge < -0.3 is 9.47 Å². The second-order valence-electron chi connectivity index (χ2n) is 8.28. The number of ether oxygens (including phenoxy) is 2. The van der Waals surface area contributed by atoms with Crippen molar-refractivity contribution >= 4 is 23.8 Å². The van der Waals surface area contributed by atoms with Crippen molar-refractivity contribution in [2.45, 2.75) is 25.9 Å². The molecule has 0 aromatic heterocycles. The van der Waals surface area contributed by atoms with Crippen LogP contribution in [0.25, 0.3) is 0 Å². The number of nitrogens with zero attached hydrogens (tertiary/aromatic N) is 1. The summed E-state index contributed by atoms with van der Waals surface area (Å²) < 4.78 is 23.9. The van der Waals surface area contributed by atoms with E-state index >= 15 is 0 Å². The van der Waals surface area contributed by atoms with Gasteiger partial charge in [0, 0.05) is 12.0 Å². The zero-order chi connectivity index (χ0) is 22.3. The molecular formula is C23H20FNO6. The first-order valence-electron chi connectivity index (χ1n) is 9.77.